The lowest BCUT2D eigenvalue weighted by Crippen LogP contribution is -2.59. The SMILES string of the molecule is Nc1ncnc2c1c(-c1cc(C3CC3)on1)nn2C12CC(C1)C2. The number of rotatable bonds is 3. The lowest BCUT2D eigenvalue weighted by atomic mass is 9.50. The molecule has 4 aliphatic rings. The maximum Gasteiger partial charge on any atom is 0.164 e. The smallest absolute Gasteiger partial charge is 0.164 e. The Kier molecular flexibility index (Phi) is 1.95. The first-order chi connectivity index (χ1) is 11.2. The molecule has 4 saturated carbocycles. The fourth-order valence-electron chi connectivity index (χ4n) is 4.14. The average molecular weight is 308 g/mol. The van der Waals surface area contributed by atoms with Gasteiger partial charge in [-0.2, -0.15) is 5.10 Å². The molecular formula is C16H16N6O. The Morgan fingerprint density at radius 1 is 1.22 bits per heavy atom. The molecular weight excluding hydrogens is 292 g/mol. The lowest BCUT2D eigenvalue weighted by molar-refractivity contribution is -0.0946. The predicted octanol–water partition coefficient (Wildman–Crippen LogP) is 2.45. The van der Waals surface area contributed by atoms with Crippen LogP contribution >= 0.6 is 0 Å². The Morgan fingerprint density at radius 3 is 2.74 bits per heavy atom. The summed E-state index contributed by atoms with van der Waals surface area (Å²) in [5, 5.41) is 9.88. The second-order valence-electron chi connectivity index (χ2n) is 7.31. The van der Waals surface area contributed by atoms with Crippen molar-refractivity contribution in [3.63, 3.8) is 0 Å². The van der Waals surface area contributed by atoms with Gasteiger partial charge in [0.05, 0.1) is 10.9 Å². The van der Waals surface area contributed by atoms with Crippen LogP contribution in [-0.4, -0.2) is 24.9 Å². The third kappa shape index (κ3) is 1.45. The third-order valence-corrected chi connectivity index (χ3v) is 5.70. The number of nitrogens with zero attached hydrogens (tertiary/aromatic N) is 5. The van der Waals surface area contributed by atoms with E-state index in [0.29, 0.717) is 11.7 Å². The van der Waals surface area contributed by atoms with Crippen molar-refractivity contribution in [2.75, 3.05) is 5.73 Å². The Labute approximate surface area is 131 Å². The minimum atomic E-state index is 0.144. The number of hydrogen-bond acceptors (Lipinski definition) is 6. The zero-order valence-corrected chi connectivity index (χ0v) is 12.6. The van der Waals surface area contributed by atoms with Crippen LogP contribution in [0.1, 0.15) is 43.8 Å². The van der Waals surface area contributed by atoms with Gasteiger partial charge >= 0.3 is 0 Å². The Hall–Kier alpha value is -2.44. The first-order valence-electron chi connectivity index (χ1n) is 8.20. The molecule has 2 N–H and O–H groups in total. The van der Waals surface area contributed by atoms with E-state index in [1.807, 2.05) is 6.07 Å². The molecule has 116 valence electrons. The summed E-state index contributed by atoms with van der Waals surface area (Å²) < 4.78 is 7.57. The van der Waals surface area contributed by atoms with Crippen molar-refractivity contribution in [1.29, 1.82) is 0 Å². The molecule has 0 unspecified atom stereocenters. The van der Waals surface area contributed by atoms with Gasteiger partial charge in [-0.1, -0.05) is 5.16 Å². The van der Waals surface area contributed by atoms with E-state index in [1.165, 1.54) is 38.4 Å². The first-order valence-corrected chi connectivity index (χ1v) is 8.20. The topological polar surface area (TPSA) is 95.7 Å². The van der Waals surface area contributed by atoms with E-state index in [4.69, 9.17) is 15.4 Å². The number of nitrogen functional groups attached to an aromatic ring is 1. The van der Waals surface area contributed by atoms with Crippen molar-refractivity contribution < 1.29 is 4.52 Å². The second-order valence-corrected chi connectivity index (χ2v) is 7.31. The molecule has 4 aliphatic carbocycles. The summed E-state index contributed by atoms with van der Waals surface area (Å²) in [7, 11) is 0. The molecule has 3 aromatic heterocycles. The molecule has 0 atom stereocenters. The molecule has 23 heavy (non-hydrogen) atoms. The highest BCUT2D eigenvalue weighted by Gasteiger charge is 2.59. The molecule has 7 heteroatoms. The highest BCUT2D eigenvalue weighted by atomic mass is 16.5. The number of aromatic nitrogens is 5. The number of anilines is 1. The molecule has 4 fully saturated rings. The molecule has 0 spiro atoms. The van der Waals surface area contributed by atoms with E-state index in [2.05, 4.69) is 19.8 Å². The Morgan fingerprint density at radius 2 is 2.04 bits per heavy atom. The van der Waals surface area contributed by atoms with Crippen LogP contribution in [0.15, 0.2) is 16.9 Å². The zero-order valence-electron chi connectivity index (χ0n) is 12.6. The molecule has 0 aliphatic heterocycles. The highest BCUT2D eigenvalue weighted by Crippen LogP contribution is 2.62. The van der Waals surface area contributed by atoms with Crippen molar-refractivity contribution in [3.05, 3.63) is 18.2 Å². The van der Waals surface area contributed by atoms with Gasteiger partial charge < -0.3 is 10.3 Å². The van der Waals surface area contributed by atoms with Gasteiger partial charge in [0.15, 0.2) is 5.65 Å². The van der Waals surface area contributed by atoms with Crippen LogP contribution in [0.25, 0.3) is 22.4 Å². The summed E-state index contributed by atoms with van der Waals surface area (Å²) in [6.45, 7) is 0. The lowest BCUT2D eigenvalue weighted by Gasteiger charge is -2.61. The van der Waals surface area contributed by atoms with Crippen molar-refractivity contribution in [1.82, 2.24) is 24.9 Å². The minimum absolute atomic E-state index is 0.144. The van der Waals surface area contributed by atoms with Crippen LogP contribution in [0.3, 0.4) is 0 Å². The van der Waals surface area contributed by atoms with Crippen molar-refractivity contribution in [3.8, 4) is 11.4 Å². The number of fused-ring (bicyclic) bond motifs is 1. The van der Waals surface area contributed by atoms with Gasteiger partial charge in [-0.15, -0.1) is 0 Å². The standard InChI is InChI=1S/C16H16N6O/c17-14-12-13(10-3-11(23-21-10)9-1-2-9)20-22(15(12)19-7-18-14)16-4-8(5-16)6-16/h3,7-9H,1-2,4-6H2,(H2,17,18,19). The van der Waals surface area contributed by atoms with Crippen LogP contribution in [0.2, 0.25) is 0 Å². The molecule has 0 aromatic carbocycles. The zero-order chi connectivity index (χ0) is 15.2. The van der Waals surface area contributed by atoms with E-state index < -0.39 is 0 Å². The monoisotopic (exact) mass is 308 g/mol. The summed E-state index contributed by atoms with van der Waals surface area (Å²) in [6.07, 6.45) is 7.46. The van der Waals surface area contributed by atoms with Crippen LogP contribution in [0.4, 0.5) is 5.82 Å². The fraction of sp³-hybridized carbons (Fsp3) is 0.500. The van der Waals surface area contributed by atoms with Gasteiger partial charge in [0.1, 0.15) is 29.3 Å². The molecule has 7 rings (SSSR count). The molecule has 0 amide bonds. The summed E-state index contributed by atoms with van der Waals surface area (Å²) in [4.78, 5) is 8.62. The van der Waals surface area contributed by atoms with Crippen LogP contribution < -0.4 is 5.73 Å². The van der Waals surface area contributed by atoms with E-state index in [-0.39, 0.29) is 5.54 Å². The normalized spacial score (nSPS) is 28.6. The number of hydrogen-bond donors (Lipinski definition) is 1. The summed E-state index contributed by atoms with van der Waals surface area (Å²) in [6, 6.07) is 2.00. The highest BCUT2D eigenvalue weighted by molar-refractivity contribution is 5.97. The van der Waals surface area contributed by atoms with Crippen LogP contribution in [0, 0.1) is 5.92 Å². The van der Waals surface area contributed by atoms with Gasteiger partial charge in [0, 0.05) is 12.0 Å². The van der Waals surface area contributed by atoms with Gasteiger partial charge in [0.25, 0.3) is 0 Å². The third-order valence-electron chi connectivity index (χ3n) is 5.70. The van der Waals surface area contributed by atoms with Gasteiger partial charge in [0.2, 0.25) is 0 Å². The van der Waals surface area contributed by atoms with Gasteiger partial charge in [-0.3, -0.25) is 0 Å². The van der Waals surface area contributed by atoms with Gasteiger partial charge in [-0.25, -0.2) is 14.6 Å². The van der Waals surface area contributed by atoms with Crippen molar-refractivity contribution in [2.45, 2.75) is 43.6 Å². The van der Waals surface area contributed by atoms with Crippen molar-refractivity contribution >= 4 is 16.9 Å². The molecule has 2 bridgehead atoms. The molecule has 7 nitrogen and oxygen atoms in total. The molecule has 3 heterocycles. The molecule has 0 saturated heterocycles. The van der Waals surface area contributed by atoms with E-state index in [1.54, 1.807) is 0 Å². The summed E-state index contributed by atoms with van der Waals surface area (Å²) in [5.74, 6) is 2.80. The van der Waals surface area contributed by atoms with Crippen LogP contribution in [0.5, 0.6) is 0 Å². The maximum atomic E-state index is 6.14. The largest absolute Gasteiger partial charge is 0.383 e. The van der Waals surface area contributed by atoms with E-state index in [9.17, 15) is 0 Å². The predicted molar refractivity (Wildman–Crippen MR) is 82.5 cm³/mol. The van der Waals surface area contributed by atoms with Gasteiger partial charge in [-0.05, 0) is 38.0 Å². The fourth-order valence-corrected chi connectivity index (χ4v) is 4.14. The minimum Gasteiger partial charge on any atom is -0.383 e. The van der Waals surface area contributed by atoms with Crippen LogP contribution in [-0.2, 0) is 5.54 Å². The second kappa shape index (κ2) is 3.72. The summed E-state index contributed by atoms with van der Waals surface area (Å²) in [5.41, 5.74) is 8.59. The first kappa shape index (κ1) is 12.0. The quantitative estimate of drug-likeness (QED) is 0.798. The Balaban J connectivity index is 1.58. The Bertz CT molecular complexity index is 936. The maximum absolute atomic E-state index is 6.14. The van der Waals surface area contributed by atoms with E-state index in [0.717, 1.165) is 34.1 Å². The van der Waals surface area contributed by atoms with Crippen molar-refractivity contribution in [2.24, 2.45) is 5.92 Å². The molecule has 0 radical (unpaired) electrons. The summed E-state index contributed by atoms with van der Waals surface area (Å²) >= 11 is 0. The molecule has 3 aromatic rings. The number of nitrogens with two attached hydrogens (primary N) is 1. The van der Waals surface area contributed by atoms with E-state index >= 15 is 0 Å². The average Bonchev–Trinajstić information content (AvgIpc) is 3.05.